The van der Waals surface area contributed by atoms with Gasteiger partial charge in [-0.05, 0) is 38.1 Å². The average Bonchev–Trinajstić information content (AvgIpc) is 2.71. The van der Waals surface area contributed by atoms with Gasteiger partial charge in [0, 0.05) is 18.6 Å². The Labute approximate surface area is 81.5 Å². The van der Waals surface area contributed by atoms with E-state index >= 15 is 0 Å². The van der Waals surface area contributed by atoms with Crippen LogP contribution in [0.1, 0.15) is 39.0 Å². The summed E-state index contributed by atoms with van der Waals surface area (Å²) in [4.78, 5) is 0. The third kappa shape index (κ3) is 2.23. The van der Waals surface area contributed by atoms with Gasteiger partial charge < -0.3 is 5.32 Å². The highest BCUT2D eigenvalue weighted by molar-refractivity contribution is 4.87. The van der Waals surface area contributed by atoms with Crippen LogP contribution >= 0.6 is 0 Å². The molecule has 0 bridgehead atoms. The molecule has 0 aromatic carbocycles. The maximum absolute atomic E-state index is 4.73. The van der Waals surface area contributed by atoms with E-state index in [1.54, 1.807) is 0 Å². The number of nitrogens with zero attached hydrogens (tertiary/aromatic N) is 1. The van der Waals surface area contributed by atoms with E-state index in [4.69, 9.17) is 5.32 Å². The number of piperidine rings is 1. The molecule has 0 amide bonds. The molecule has 2 heteroatoms. The molecule has 2 rings (SSSR count). The molecule has 3 unspecified atom stereocenters. The molecule has 0 aromatic rings. The predicted molar refractivity (Wildman–Crippen MR) is 54.8 cm³/mol. The van der Waals surface area contributed by atoms with Gasteiger partial charge in [-0.25, -0.2) is 5.32 Å². The van der Waals surface area contributed by atoms with Gasteiger partial charge >= 0.3 is 0 Å². The highest BCUT2D eigenvalue weighted by atomic mass is 15.0. The van der Waals surface area contributed by atoms with Crippen LogP contribution in [0.15, 0.2) is 0 Å². The fourth-order valence-corrected chi connectivity index (χ4v) is 2.67. The van der Waals surface area contributed by atoms with Crippen LogP contribution in [0, 0.1) is 5.92 Å². The second-order valence-corrected chi connectivity index (χ2v) is 4.53. The highest BCUT2D eigenvalue weighted by Gasteiger charge is 2.28. The largest absolute Gasteiger partial charge is 0.314 e. The topological polar surface area (TPSA) is 26.1 Å². The molecule has 0 saturated carbocycles. The van der Waals surface area contributed by atoms with E-state index in [-0.39, 0.29) is 0 Å². The fourth-order valence-electron chi connectivity index (χ4n) is 2.67. The summed E-state index contributed by atoms with van der Waals surface area (Å²) in [5, 5.41) is 8.33. The van der Waals surface area contributed by atoms with Crippen molar-refractivity contribution in [1.82, 2.24) is 10.6 Å². The van der Waals surface area contributed by atoms with Crippen molar-refractivity contribution in [3.63, 3.8) is 0 Å². The lowest BCUT2D eigenvalue weighted by Gasteiger charge is -2.31. The van der Waals surface area contributed by atoms with Crippen LogP contribution in [0.5, 0.6) is 0 Å². The molecule has 1 radical (unpaired) electrons. The van der Waals surface area contributed by atoms with Crippen molar-refractivity contribution in [2.45, 2.75) is 51.1 Å². The van der Waals surface area contributed by atoms with Crippen molar-refractivity contribution in [3.8, 4) is 0 Å². The number of rotatable bonds is 2. The van der Waals surface area contributed by atoms with Crippen molar-refractivity contribution in [1.29, 1.82) is 0 Å². The van der Waals surface area contributed by atoms with Crippen molar-refractivity contribution in [3.05, 3.63) is 0 Å². The molecule has 0 aliphatic carbocycles. The predicted octanol–water partition coefficient (Wildman–Crippen LogP) is 1.53. The van der Waals surface area contributed by atoms with Crippen molar-refractivity contribution in [2.24, 2.45) is 5.92 Å². The highest BCUT2D eigenvalue weighted by Crippen LogP contribution is 2.23. The van der Waals surface area contributed by atoms with E-state index in [1.165, 1.54) is 38.6 Å². The van der Waals surface area contributed by atoms with E-state index in [0.717, 1.165) is 18.5 Å². The average molecular weight is 181 g/mol. The van der Waals surface area contributed by atoms with Gasteiger partial charge in [-0.3, -0.25) is 0 Å². The number of hydrogen-bond donors (Lipinski definition) is 1. The van der Waals surface area contributed by atoms with Crippen LogP contribution in [-0.4, -0.2) is 25.2 Å². The fraction of sp³-hybridized carbons (Fsp3) is 1.00. The second kappa shape index (κ2) is 4.43. The van der Waals surface area contributed by atoms with E-state index < -0.39 is 0 Å². The Bertz CT molecular complexity index is 146. The molecule has 2 fully saturated rings. The third-order valence-corrected chi connectivity index (χ3v) is 3.61. The Balaban J connectivity index is 1.83. The van der Waals surface area contributed by atoms with E-state index in [2.05, 4.69) is 12.2 Å². The monoisotopic (exact) mass is 181 g/mol. The van der Waals surface area contributed by atoms with Crippen LogP contribution in [0.25, 0.3) is 0 Å². The van der Waals surface area contributed by atoms with Gasteiger partial charge in [-0.2, -0.15) is 0 Å². The molecular weight excluding hydrogens is 160 g/mol. The summed E-state index contributed by atoms with van der Waals surface area (Å²) >= 11 is 0. The zero-order valence-electron chi connectivity index (χ0n) is 8.63. The summed E-state index contributed by atoms with van der Waals surface area (Å²) < 4.78 is 0. The number of hydrogen-bond acceptors (Lipinski definition) is 1. The summed E-state index contributed by atoms with van der Waals surface area (Å²) in [5.74, 6) is 0.766. The smallest absolute Gasteiger partial charge is 0.0286 e. The van der Waals surface area contributed by atoms with Crippen LogP contribution in [0.2, 0.25) is 0 Å². The minimum absolute atomic E-state index is 0.657. The molecule has 0 aromatic heterocycles. The van der Waals surface area contributed by atoms with Gasteiger partial charge in [0.1, 0.15) is 0 Å². The van der Waals surface area contributed by atoms with Crippen molar-refractivity contribution in [2.75, 3.05) is 13.1 Å². The minimum Gasteiger partial charge on any atom is -0.314 e. The summed E-state index contributed by atoms with van der Waals surface area (Å²) in [5.41, 5.74) is 0. The van der Waals surface area contributed by atoms with Gasteiger partial charge in [-0.15, -0.1) is 0 Å². The standard InChI is InChI=1S/C11H21N2/c1-9(11-6-4-8-13-11)10-5-2-3-7-12-10/h9-11,13H,2-8H2,1H3. The summed E-state index contributed by atoms with van der Waals surface area (Å²) in [6.07, 6.45) is 6.78. The van der Waals surface area contributed by atoms with Crippen LogP contribution in [0.4, 0.5) is 0 Å². The molecule has 1 N–H and O–H groups in total. The molecular formula is C11H21N2. The lowest BCUT2D eigenvalue weighted by Crippen LogP contribution is -2.42. The Morgan fingerprint density at radius 1 is 1.23 bits per heavy atom. The van der Waals surface area contributed by atoms with E-state index in [1.807, 2.05) is 0 Å². The van der Waals surface area contributed by atoms with E-state index in [9.17, 15) is 0 Å². The first-order valence-corrected chi connectivity index (χ1v) is 5.78. The maximum Gasteiger partial charge on any atom is 0.0286 e. The molecule has 13 heavy (non-hydrogen) atoms. The lowest BCUT2D eigenvalue weighted by atomic mass is 9.87. The van der Waals surface area contributed by atoms with E-state index in [0.29, 0.717) is 6.04 Å². The van der Waals surface area contributed by atoms with Crippen LogP contribution in [0.3, 0.4) is 0 Å². The molecule has 3 atom stereocenters. The Hall–Kier alpha value is -0.0800. The first kappa shape index (κ1) is 9.47. The van der Waals surface area contributed by atoms with Gasteiger partial charge in [0.15, 0.2) is 0 Å². The summed E-state index contributed by atoms with van der Waals surface area (Å²) in [7, 11) is 0. The van der Waals surface area contributed by atoms with Crippen molar-refractivity contribution < 1.29 is 0 Å². The quantitative estimate of drug-likeness (QED) is 0.687. The van der Waals surface area contributed by atoms with Gasteiger partial charge in [0.25, 0.3) is 0 Å². The molecule has 75 valence electrons. The normalized spacial score (nSPS) is 37.6. The summed E-state index contributed by atoms with van der Waals surface area (Å²) in [6, 6.07) is 1.41. The second-order valence-electron chi connectivity index (χ2n) is 4.53. The molecule has 2 aliphatic rings. The van der Waals surface area contributed by atoms with Crippen molar-refractivity contribution >= 4 is 0 Å². The zero-order valence-corrected chi connectivity index (χ0v) is 8.63. The first-order chi connectivity index (χ1) is 6.38. The molecule has 2 heterocycles. The van der Waals surface area contributed by atoms with Crippen LogP contribution < -0.4 is 10.6 Å². The SMILES string of the molecule is CC(C1CCCC[N]1)C1CCCN1. The molecule has 0 spiro atoms. The van der Waals surface area contributed by atoms with Gasteiger partial charge in [-0.1, -0.05) is 13.3 Å². The molecule has 2 aliphatic heterocycles. The molecule has 2 nitrogen and oxygen atoms in total. The van der Waals surface area contributed by atoms with Crippen LogP contribution in [-0.2, 0) is 0 Å². The minimum atomic E-state index is 0.657. The maximum atomic E-state index is 4.73. The summed E-state index contributed by atoms with van der Waals surface area (Å²) in [6.45, 7) is 4.71. The van der Waals surface area contributed by atoms with Gasteiger partial charge in [0.2, 0.25) is 0 Å². The zero-order chi connectivity index (χ0) is 9.10. The lowest BCUT2D eigenvalue weighted by molar-refractivity contribution is 0.258. The number of nitrogens with one attached hydrogen (secondary N) is 1. The Morgan fingerprint density at radius 3 is 2.77 bits per heavy atom. The van der Waals surface area contributed by atoms with Gasteiger partial charge in [0.05, 0.1) is 0 Å². The Morgan fingerprint density at radius 2 is 2.15 bits per heavy atom. The third-order valence-electron chi connectivity index (χ3n) is 3.61. The Kier molecular flexibility index (Phi) is 3.23. The molecule has 2 saturated heterocycles. The first-order valence-electron chi connectivity index (χ1n) is 5.78.